The van der Waals surface area contributed by atoms with Gasteiger partial charge >= 0.3 is 11.9 Å². The smallest absolute Gasteiger partial charge is 0.338 e. The zero-order chi connectivity index (χ0) is 16.9. The van der Waals surface area contributed by atoms with Crippen molar-refractivity contribution in [2.24, 2.45) is 0 Å². The number of fused-ring (bicyclic) bond motifs is 1. The largest absolute Gasteiger partial charge is 0.478 e. The second-order valence-electron chi connectivity index (χ2n) is 5.22. The number of ether oxygens (including phenoxy) is 1. The van der Waals surface area contributed by atoms with Gasteiger partial charge in [-0.15, -0.1) is 0 Å². The van der Waals surface area contributed by atoms with E-state index < -0.39 is 11.9 Å². The summed E-state index contributed by atoms with van der Waals surface area (Å²) in [5, 5.41) is 10.4. The summed E-state index contributed by atoms with van der Waals surface area (Å²) in [5.41, 5.74) is 1.17. The highest BCUT2D eigenvalue weighted by Gasteiger charge is 2.17. The molecular formula is C19H15NO4. The minimum Gasteiger partial charge on any atom is -0.478 e. The van der Waals surface area contributed by atoms with Crippen LogP contribution < -0.4 is 0 Å². The number of pyridine rings is 1. The van der Waals surface area contributed by atoms with Gasteiger partial charge in [0.25, 0.3) is 0 Å². The van der Waals surface area contributed by atoms with Crippen molar-refractivity contribution >= 4 is 22.7 Å². The highest BCUT2D eigenvalue weighted by Crippen LogP contribution is 2.24. The average molecular weight is 321 g/mol. The Kier molecular flexibility index (Phi) is 4.52. The first kappa shape index (κ1) is 15.7. The van der Waals surface area contributed by atoms with E-state index in [-0.39, 0.29) is 17.7 Å². The third-order valence-corrected chi connectivity index (χ3v) is 3.67. The van der Waals surface area contributed by atoms with Crippen LogP contribution in [0.2, 0.25) is 0 Å². The highest BCUT2D eigenvalue weighted by molar-refractivity contribution is 6.12. The van der Waals surface area contributed by atoms with E-state index in [2.05, 4.69) is 4.98 Å². The van der Waals surface area contributed by atoms with E-state index in [9.17, 15) is 14.7 Å². The lowest BCUT2D eigenvalue weighted by molar-refractivity contribution is 0.0511. The van der Waals surface area contributed by atoms with E-state index in [4.69, 9.17) is 4.74 Å². The molecule has 1 heterocycles. The molecule has 0 fully saturated rings. The number of carbonyl (C=O) groups excluding carboxylic acids is 1. The molecule has 5 heteroatoms. The fraction of sp³-hybridized carbons (Fsp3) is 0.105. The molecule has 3 aromatic rings. The third kappa shape index (κ3) is 3.25. The fourth-order valence-electron chi connectivity index (χ4n) is 2.56. The molecule has 0 aliphatic carbocycles. The van der Waals surface area contributed by atoms with Crippen LogP contribution in [0.1, 0.15) is 26.4 Å². The van der Waals surface area contributed by atoms with Gasteiger partial charge in [0.15, 0.2) is 0 Å². The highest BCUT2D eigenvalue weighted by atomic mass is 16.5. The minimum absolute atomic E-state index is 0.0878. The summed E-state index contributed by atoms with van der Waals surface area (Å²) in [6.07, 6.45) is 2.18. The van der Waals surface area contributed by atoms with Gasteiger partial charge in [0, 0.05) is 23.7 Å². The van der Waals surface area contributed by atoms with E-state index >= 15 is 0 Å². The molecule has 1 aromatic heterocycles. The van der Waals surface area contributed by atoms with Gasteiger partial charge in [0.1, 0.15) is 0 Å². The molecule has 0 unspecified atom stereocenters. The summed E-state index contributed by atoms with van der Waals surface area (Å²) in [5.74, 6) is -1.61. The van der Waals surface area contributed by atoms with Gasteiger partial charge in [-0.2, -0.15) is 0 Å². The van der Waals surface area contributed by atoms with E-state index in [1.54, 1.807) is 36.5 Å². The summed E-state index contributed by atoms with van der Waals surface area (Å²) in [6, 6.07) is 15.5. The molecule has 2 aromatic carbocycles. The molecule has 0 saturated carbocycles. The predicted molar refractivity (Wildman–Crippen MR) is 89.1 cm³/mol. The maximum atomic E-state index is 12.4. The Morgan fingerprint density at radius 2 is 1.71 bits per heavy atom. The van der Waals surface area contributed by atoms with Crippen molar-refractivity contribution in [3.63, 3.8) is 0 Å². The Labute approximate surface area is 138 Å². The Morgan fingerprint density at radius 1 is 0.958 bits per heavy atom. The molecule has 0 radical (unpaired) electrons. The number of esters is 1. The standard InChI is InChI=1S/C19H15NO4/c21-18(22)15-8-3-5-13-6-4-9-16(17(13)15)19(23)24-12-10-14-7-1-2-11-20-14/h1-9,11H,10,12H2,(H,21,22). The average Bonchev–Trinajstić information content (AvgIpc) is 2.61. The number of rotatable bonds is 5. The van der Waals surface area contributed by atoms with Crippen LogP contribution in [0.25, 0.3) is 10.8 Å². The summed E-state index contributed by atoms with van der Waals surface area (Å²) in [4.78, 5) is 28.0. The van der Waals surface area contributed by atoms with Gasteiger partial charge in [0.05, 0.1) is 17.7 Å². The molecule has 0 bridgehead atoms. The van der Waals surface area contributed by atoms with Gasteiger partial charge in [0.2, 0.25) is 0 Å². The predicted octanol–water partition coefficient (Wildman–Crippen LogP) is 3.33. The van der Waals surface area contributed by atoms with Crippen LogP contribution in [-0.4, -0.2) is 28.6 Å². The first-order valence-electron chi connectivity index (χ1n) is 7.49. The minimum atomic E-state index is -1.07. The molecule has 24 heavy (non-hydrogen) atoms. The maximum absolute atomic E-state index is 12.4. The molecular weight excluding hydrogens is 306 g/mol. The first-order valence-corrected chi connectivity index (χ1v) is 7.49. The lowest BCUT2D eigenvalue weighted by Gasteiger charge is -2.09. The van der Waals surface area contributed by atoms with Gasteiger partial charge < -0.3 is 9.84 Å². The number of carboxylic acid groups (broad SMARTS) is 1. The SMILES string of the molecule is O=C(O)c1cccc2cccc(C(=O)OCCc3ccccn3)c12. The van der Waals surface area contributed by atoms with Gasteiger partial charge in [-0.3, -0.25) is 4.98 Å². The number of hydrogen-bond donors (Lipinski definition) is 1. The van der Waals surface area contributed by atoms with Crippen molar-refractivity contribution in [1.82, 2.24) is 4.98 Å². The van der Waals surface area contributed by atoms with Crippen LogP contribution in [0.15, 0.2) is 60.8 Å². The molecule has 0 aliphatic rings. The normalized spacial score (nSPS) is 10.5. The van der Waals surface area contributed by atoms with E-state index in [0.717, 1.165) is 5.69 Å². The molecule has 120 valence electrons. The Morgan fingerprint density at radius 3 is 2.38 bits per heavy atom. The van der Waals surface area contributed by atoms with Crippen LogP contribution in [-0.2, 0) is 11.2 Å². The van der Waals surface area contributed by atoms with Crippen LogP contribution in [0, 0.1) is 0 Å². The van der Waals surface area contributed by atoms with Gasteiger partial charge in [-0.1, -0.05) is 30.3 Å². The number of carbonyl (C=O) groups is 2. The van der Waals surface area contributed by atoms with Crippen molar-refractivity contribution in [3.8, 4) is 0 Å². The second kappa shape index (κ2) is 6.91. The quantitative estimate of drug-likeness (QED) is 0.729. The zero-order valence-corrected chi connectivity index (χ0v) is 12.8. The monoisotopic (exact) mass is 321 g/mol. The zero-order valence-electron chi connectivity index (χ0n) is 12.8. The molecule has 0 atom stereocenters. The maximum Gasteiger partial charge on any atom is 0.338 e. The van der Waals surface area contributed by atoms with E-state index in [1.165, 1.54) is 6.07 Å². The third-order valence-electron chi connectivity index (χ3n) is 3.67. The number of nitrogens with zero attached hydrogens (tertiary/aromatic N) is 1. The molecule has 3 rings (SSSR count). The molecule has 0 amide bonds. The van der Waals surface area contributed by atoms with Crippen molar-refractivity contribution in [2.45, 2.75) is 6.42 Å². The van der Waals surface area contributed by atoms with Crippen LogP contribution >= 0.6 is 0 Å². The van der Waals surface area contributed by atoms with Crippen molar-refractivity contribution < 1.29 is 19.4 Å². The summed E-state index contributed by atoms with van der Waals surface area (Å²) in [6.45, 7) is 0.182. The molecule has 0 saturated heterocycles. The summed E-state index contributed by atoms with van der Waals surface area (Å²) in [7, 11) is 0. The van der Waals surface area contributed by atoms with Gasteiger partial charge in [-0.25, -0.2) is 9.59 Å². The lowest BCUT2D eigenvalue weighted by Crippen LogP contribution is -2.10. The van der Waals surface area contributed by atoms with Crippen molar-refractivity contribution in [3.05, 3.63) is 77.6 Å². The number of carboxylic acids is 1. The van der Waals surface area contributed by atoms with Crippen LogP contribution in [0.5, 0.6) is 0 Å². The number of hydrogen-bond acceptors (Lipinski definition) is 4. The van der Waals surface area contributed by atoms with Crippen LogP contribution in [0.4, 0.5) is 0 Å². The van der Waals surface area contributed by atoms with E-state index in [0.29, 0.717) is 17.2 Å². The molecule has 0 spiro atoms. The number of aromatic carboxylic acids is 1. The fourth-order valence-corrected chi connectivity index (χ4v) is 2.56. The Balaban J connectivity index is 1.83. The Hall–Kier alpha value is -3.21. The molecule has 5 nitrogen and oxygen atoms in total. The number of benzene rings is 2. The van der Waals surface area contributed by atoms with E-state index in [1.807, 2.05) is 18.2 Å². The van der Waals surface area contributed by atoms with Crippen LogP contribution in [0.3, 0.4) is 0 Å². The lowest BCUT2D eigenvalue weighted by atomic mass is 9.99. The molecule has 1 N–H and O–H groups in total. The summed E-state index contributed by atoms with van der Waals surface area (Å²) >= 11 is 0. The first-order chi connectivity index (χ1) is 11.7. The topological polar surface area (TPSA) is 76.5 Å². The number of aromatic nitrogens is 1. The van der Waals surface area contributed by atoms with Crippen molar-refractivity contribution in [2.75, 3.05) is 6.61 Å². The Bertz CT molecular complexity index is 885. The van der Waals surface area contributed by atoms with Crippen molar-refractivity contribution in [1.29, 1.82) is 0 Å². The second-order valence-corrected chi connectivity index (χ2v) is 5.22. The summed E-state index contributed by atoms with van der Waals surface area (Å²) < 4.78 is 5.30. The van der Waals surface area contributed by atoms with Gasteiger partial charge in [-0.05, 0) is 29.7 Å². The molecule has 0 aliphatic heterocycles.